The number of aryl methyl sites for hydroxylation is 3. The number of nitrogens with zero attached hydrogens (tertiary/aromatic N) is 1. The second-order valence-electron chi connectivity index (χ2n) is 3.98. The Hall–Kier alpha value is -1.97. The van der Waals surface area contributed by atoms with Gasteiger partial charge in [0, 0.05) is 6.42 Å². The van der Waals surface area contributed by atoms with E-state index in [1.54, 1.807) is 13.3 Å². The SMILES string of the molecule is COc1ccc(C)cc1CCc1cnc(N)o1. The average Bonchev–Trinajstić information content (AvgIpc) is 2.73. The van der Waals surface area contributed by atoms with Crippen LogP contribution in [0.2, 0.25) is 0 Å². The number of aromatic nitrogens is 1. The molecule has 0 radical (unpaired) electrons. The maximum Gasteiger partial charge on any atom is 0.292 e. The van der Waals surface area contributed by atoms with E-state index in [0.717, 1.165) is 24.4 Å². The van der Waals surface area contributed by atoms with E-state index >= 15 is 0 Å². The summed E-state index contributed by atoms with van der Waals surface area (Å²) in [5.41, 5.74) is 7.81. The van der Waals surface area contributed by atoms with Crippen molar-refractivity contribution >= 4 is 6.01 Å². The second-order valence-corrected chi connectivity index (χ2v) is 3.98. The standard InChI is InChI=1S/C13H16N2O2/c1-9-3-6-12(16-2)10(7-9)4-5-11-8-15-13(14)17-11/h3,6-8H,4-5H2,1-2H3,(H2,14,15). The first kappa shape index (κ1) is 11.5. The largest absolute Gasteiger partial charge is 0.496 e. The summed E-state index contributed by atoms with van der Waals surface area (Å²) in [6, 6.07) is 6.36. The zero-order chi connectivity index (χ0) is 12.3. The minimum Gasteiger partial charge on any atom is -0.496 e. The highest BCUT2D eigenvalue weighted by atomic mass is 16.5. The number of hydrogen-bond donors (Lipinski definition) is 1. The lowest BCUT2D eigenvalue weighted by Crippen LogP contribution is -1.95. The highest BCUT2D eigenvalue weighted by Crippen LogP contribution is 2.21. The first-order chi connectivity index (χ1) is 8.19. The van der Waals surface area contributed by atoms with Gasteiger partial charge in [0.05, 0.1) is 13.3 Å². The van der Waals surface area contributed by atoms with Crippen LogP contribution < -0.4 is 10.5 Å². The molecule has 1 aromatic heterocycles. The molecule has 0 bridgehead atoms. The molecule has 17 heavy (non-hydrogen) atoms. The Balaban J connectivity index is 2.10. The Morgan fingerprint density at radius 3 is 2.82 bits per heavy atom. The van der Waals surface area contributed by atoms with Crippen molar-refractivity contribution in [3.63, 3.8) is 0 Å². The molecule has 0 aliphatic rings. The van der Waals surface area contributed by atoms with E-state index in [1.165, 1.54) is 11.1 Å². The predicted molar refractivity (Wildman–Crippen MR) is 66.1 cm³/mol. The minimum absolute atomic E-state index is 0.219. The molecule has 4 heteroatoms. The highest BCUT2D eigenvalue weighted by Gasteiger charge is 2.06. The van der Waals surface area contributed by atoms with E-state index in [1.807, 2.05) is 12.1 Å². The van der Waals surface area contributed by atoms with Gasteiger partial charge in [-0.05, 0) is 25.0 Å². The summed E-state index contributed by atoms with van der Waals surface area (Å²) in [4.78, 5) is 3.87. The Labute approximate surface area is 100 Å². The number of nitrogens with two attached hydrogens (primary N) is 1. The molecule has 1 heterocycles. The van der Waals surface area contributed by atoms with Gasteiger partial charge in [-0.25, -0.2) is 4.98 Å². The molecule has 0 saturated carbocycles. The molecule has 0 saturated heterocycles. The fraction of sp³-hybridized carbons (Fsp3) is 0.308. The summed E-state index contributed by atoms with van der Waals surface area (Å²) in [5.74, 6) is 1.70. The summed E-state index contributed by atoms with van der Waals surface area (Å²) in [5, 5.41) is 0. The molecule has 90 valence electrons. The van der Waals surface area contributed by atoms with Gasteiger partial charge in [-0.2, -0.15) is 0 Å². The topological polar surface area (TPSA) is 61.3 Å². The molecule has 1 aromatic carbocycles. The Morgan fingerprint density at radius 1 is 1.35 bits per heavy atom. The summed E-state index contributed by atoms with van der Waals surface area (Å²) in [7, 11) is 1.68. The maximum atomic E-state index is 5.43. The van der Waals surface area contributed by atoms with Crippen molar-refractivity contribution in [2.24, 2.45) is 0 Å². The van der Waals surface area contributed by atoms with Crippen molar-refractivity contribution in [3.8, 4) is 5.75 Å². The third-order valence-electron chi connectivity index (χ3n) is 2.65. The second kappa shape index (κ2) is 4.91. The molecule has 0 aliphatic heterocycles. The monoisotopic (exact) mass is 232 g/mol. The number of rotatable bonds is 4. The van der Waals surface area contributed by atoms with Crippen LogP contribution >= 0.6 is 0 Å². The normalized spacial score (nSPS) is 10.5. The third-order valence-corrected chi connectivity index (χ3v) is 2.65. The van der Waals surface area contributed by atoms with E-state index < -0.39 is 0 Å². The zero-order valence-corrected chi connectivity index (χ0v) is 10.1. The van der Waals surface area contributed by atoms with Crippen LogP contribution in [-0.2, 0) is 12.8 Å². The van der Waals surface area contributed by atoms with Crippen LogP contribution in [0, 0.1) is 6.92 Å². The van der Waals surface area contributed by atoms with Gasteiger partial charge < -0.3 is 14.9 Å². The number of nitrogen functional groups attached to an aromatic ring is 1. The first-order valence-electron chi connectivity index (χ1n) is 5.52. The Morgan fingerprint density at radius 2 is 2.18 bits per heavy atom. The van der Waals surface area contributed by atoms with E-state index in [4.69, 9.17) is 14.9 Å². The number of anilines is 1. The van der Waals surface area contributed by atoms with Gasteiger partial charge in [0.2, 0.25) is 0 Å². The fourth-order valence-electron chi connectivity index (χ4n) is 1.80. The minimum atomic E-state index is 0.219. The molecule has 0 unspecified atom stereocenters. The molecular formula is C13H16N2O2. The maximum absolute atomic E-state index is 5.43. The third kappa shape index (κ3) is 2.78. The van der Waals surface area contributed by atoms with Crippen molar-refractivity contribution in [1.82, 2.24) is 4.98 Å². The van der Waals surface area contributed by atoms with Crippen LogP contribution in [0.3, 0.4) is 0 Å². The Bertz CT molecular complexity index is 506. The molecular weight excluding hydrogens is 216 g/mol. The zero-order valence-electron chi connectivity index (χ0n) is 10.1. The molecule has 2 aromatic rings. The van der Waals surface area contributed by atoms with Crippen molar-refractivity contribution in [1.29, 1.82) is 0 Å². The van der Waals surface area contributed by atoms with Gasteiger partial charge in [0.15, 0.2) is 0 Å². The van der Waals surface area contributed by atoms with Gasteiger partial charge >= 0.3 is 0 Å². The van der Waals surface area contributed by atoms with Crippen molar-refractivity contribution < 1.29 is 9.15 Å². The van der Waals surface area contributed by atoms with Gasteiger partial charge in [-0.15, -0.1) is 0 Å². The number of oxazole rings is 1. The van der Waals surface area contributed by atoms with Gasteiger partial charge in [-0.3, -0.25) is 0 Å². The molecule has 2 rings (SSSR count). The van der Waals surface area contributed by atoms with Crippen molar-refractivity contribution in [2.45, 2.75) is 19.8 Å². The van der Waals surface area contributed by atoms with Crippen LogP contribution in [-0.4, -0.2) is 12.1 Å². The van der Waals surface area contributed by atoms with Gasteiger partial charge in [-0.1, -0.05) is 17.7 Å². The molecule has 0 aliphatic carbocycles. The molecule has 0 spiro atoms. The van der Waals surface area contributed by atoms with Gasteiger partial charge in [0.1, 0.15) is 11.5 Å². The average molecular weight is 232 g/mol. The van der Waals surface area contributed by atoms with Crippen LogP contribution in [0.1, 0.15) is 16.9 Å². The first-order valence-corrected chi connectivity index (χ1v) is 5.52. The lowest BCUT2D eigenvalue weighted by Gasteiger charge is -2.08. The molecule has 0 amide bonds. The molecule has 2 N–H and O–H groups in total. The van der Waals surface area contributed by atoms with Gasteiger partial charge in [0.25, 0.3) is 6.01 Å². The van der Waals surface area contributed by atoms with E-state index in [0.29, 0.717) is 0 Å². The fourth-order valence-corrected chi connectivity index (χ4v) is 1.80. The van der Waals surface area contributed by atoms with Crippen molar-refractivity contribution in [3.05, 3.63) is 41.3 Å². The van der Waals surface area contributed by atoms with Crippen LogP contribution in [0.25, 0.3) is 0 Å². The van der Waals surface area contributed by atoms with E-state index in [-0.39, 0.29) is 6.01 Å². The number of methoxy groups -OCH3 is 1. The van der Waals surface area contributed by atoms with Crippen LogP contribution in [0.4, 0.5) is 6.01 Å². The molecule has 4 nitrogen and oxygen atoms in total. The highest BCUT2D eigenvalue weighted by molar-refractivity contribution is 5.37. The quantitative estimate of drug-likeness (QED) is 0.879. The van der Waals surface area contributed by atoms with Crippen LogP contribution in [0.5, 0.6) is 5.75 Å². The number of hydrogen-bond acceptors (Lipinski definition) is 4. The smallest absolute Gasteiger partial charge is 0.292 e. The van der Waals surface area contributed by atoms with Crippen molar-refractivity contribution in [2.75, 3.05) is 12.8 Å². The predicted octanol–water partition coefficient (Wildman–Crippen LogP) is 2.36. The van der Waals surface area contributed by atoms with Crippen LogP contribution in [0.15, 0.2) is 28.8 Å². The summed E-state index contributed by atoms with van der Waals surface area (Å²) >= 11 is 0. The Kier molecular flexibility index (Phi) is 3.32. The van der Waals surface area contributed by atoms with E-state index in [9.17, 15) is 0 Å². The molecule has 0 atom stereocenters. The van der Waals surface area contributed by atoms with E-state index in [2.05, 4.69) is 18.0 Å². The lowest BCUT2D eigenvalue weighted by atomic mass is 10.1. The summed E-state index contributed by atoms with van der Waals surface area (Å²) in [6.45, 7) is 2.06. The summed E-state index contributed by atoms with van der Waals surface area (Å²) < 4.78 is 10.6. The number of benzene rings is 1. The lowest BCUT2D eigenvalue weighted by molar-refractivity contribution is 0.408. The summed E-state index contributed by atoms with van der Waals surface area (Å²) in [6.07, 6.45) is 3.28. The number of ether oxygens (including phenoxy) is 1. The molecule has 0 fully saturated rings.